The molecular weight excluding hydrogens is 327 g/mol. The minimum absolute atomic E-state index is 0.172. The predicted molar refractivity (Wildman–Crippen MR) is 76.4 cm³/mol. The molecule has 2 rings (SSSR count). The van der Waals surface area contributed by atoms with Gasteiger partial charge in [0.25, 0.3) is 0 Å². The second kappa shape index (κ2) is 6.01. The van der Waals surface area contributed by atoms with Gasteiger partial charge in [-0.1, -0.05) is 15.9 Å². The highest BCUT2D eigenvalue weighted by molar-refractivity contribution is 9.10. The molecule has 108 valence electrons. The van der Waals surface area contributed by atoms with Gasteiger partial charge in [-0.15, -0.1) is 0 Å². The number of likely N-dealkylation sites (N-methyl/N-ethyl adjacent to an activating group) is 1. The standard InChI is InChI=1S/C14H16BrFN2O2/c1-8(10-7-9(15)3-4-11(10)16)17-12-5-6-13(19)18(2)14(12)20/h3-4,7-8,12,17H,5-6H2,1-2H3. The SMILES string of the molecule is CC(NC1CCC(=O)N(C)C1=O)c1cc(Br)ccc1F. The zero-order chi connectivity index (χ0) is 14.9. The molecule has 1 heterocycles. The lowest BCUT2D eigenvalue weighted by molar-refractivity contribution is -0.148. The van der Waals surface area contributed by atoms with E-state index in [1.54, 1.807) is 19.1 Å². The fourth-order valence-corrected chi connectivity index (χ4v) is 2.69. The largest absolute Gasteiger partial charge is 0.299 e. The van der Waals surface area contributed by atoms with Crippen molar-refractivity contribution in [2.45, 2.75) is 31.8 Å². The molecule has 0 saturated carbocycles. The number of hydrogen-bond acceptors (Lipinski definition) is 3. The number of nitrogens with zero attached hydrogens (tertiary/aromatic N) is 1. The second-order valence-corrected chi connectivity index (χ2v) is 5.85. The quantitative estimate of drug-likeness (QED) is 0.858. The molecule has 4 nitrogen and oxygen atoms in total. The third kappa shape index (κ3) is 3.07. The first-order valence-corrected chi connectivity index (χ1v) is 7.21. The van der Waals surface area contributed by atoms with Crippen LogP contribution in [-0.4, -0.2) is 29.8 Å². The van der Waals surface area contributed by atoms with Crippen LogP contribution in [0.25, 0.3) is 0 Å². The molecule has 2 unspecified atom stereocenters. The van der Waals surface area contributed by atoms with E-state index in [2.05, 4.69) is 21.2 Å². The molecule has 1 fully saturated rings. The van der Waals surface area contributed by atoms with Crippen molar-refractivity contribution in [2.24, 2.45) is 0 Å². The van der Waals surface area contributed by atoms with Gasteiger partial charge in [0.05, 0.1) is 6.04 Å². The van der Waals surface area contributed by atoms with Crippen molar-refractivity contribution in [1.29, 1.82) is 0 Å². The van der Waals surface area contributed by atoms with Crippen LogP contribution >= 0.6 is 15.9 Å². The zero-order valence-electron chi connectivity index (χ0n) is 11.3. The van der Waals surface area contributed by atoms with Gasteiger partial charge in [-0.2, -0.15) is 0 Å². The van der Waals surface area contributed by atoms with Gasteiger partial charge in [-0.05, 0) is 31.5 Å². The number of benzene rings is 1. The van der Waals surface area contributed by atoms with E-state index in [-0.39, 0.29) is 23.7 Å². The van der Waals surface area contributed by atoms with E-state index in [0.29, 0.717) is 18.4 Å². The summed E-state index contributed by atoms with van der Waals surface area (Å²) in [5.41, 5.74) is 0.492. The molecule has 2 amide bonds. The Morgan fingerprint density at radius 1 is 1.45 bits per heavy atom. The summed E-state index contributed by atoms with van der Waals surface area (Å²) < 4.78 is 14.6. The fraction of sp³-hybridized carbons (Fsp3) is 0.429. The molecule has 0 bridgehead atoms. The van der Waals surface area contributed by atoms with Crippen molar-refractivity contribution < 1.29 is 14.0 Å². The third-order valence-electron chi connectivity index (χ3n) is 3.53. The van der Waals surface area contributed by atoms with E-state index in [1.165, 1.54) is 13.1 Å². The number of imide groups is 1. The molecule has 2 atom stereocenters. The first kappa shape index (κ1) is 15.1. The van der Waals surface area contributed by atoms with E-state index in [1.807, 2.05) is 0 Å². The van der Waals surface area contributed by atoms with Crippen LogP contribution in [0.15, 0.2) is 22.7 Å². The Balaban J connectivity index is 2.11. The molecule has 0 aliphatic carbocycles. The first-order chi connectivity index (χ1) is 9.40. The van der Waals surface area contributed by atoms with Gasteiger partial charge in [0.2, 0.25) is 11.8 Å². The number of hydrogen-bond donors (Lipinski definition) is 1. The molecule has 1 aliphatic heterocycles. The average molecular weight is 343 g/mol. The minimum Gasteiger partial charge on any atom is -0.299 e. The number of piperidine rings is 1. The van der Waals surface area contributed by atoms with Crippen LogP contribution in [0.3, 0.4) is 0 Å². The number of carbonyl (C=O) groups excluding carboxylic acids is 2. The van der Waals surface area contributed by atoms with Crippen molar-refractivity contribution >= 4 is 27.7 Å². The summed E-state index contributed by atoms with van der Waals surface area (Å²) in [7, 11) is 1.48. The maximum absolute atomic E-state index is 13.8. The third-order valence-corrected chi connectivity index (χ3v) is 4.02. The molecule has 1 saturated heterocycles. The Morgan fingerprint density at radius 3 is 2.85 bits per heavy atom. The van der Waals surface area contributed by atoms with E-state index in [9.17, 15) is 14.0 Å². The van der Waals surface area contributed by atoms with Gasteiger partial charge in [0.1, 0.15) is 5.82 Å². The Bertz CT molecular complexity index is 550. The molecule has 0 spiro atoms. The number of nitrogens with one attached hydrogen (secondary N) is 1. The number of halogens is 2. The lowest BCUT2D eigenvalue weighted by Crippen LogP contribution is -2.51. The van der Waals surface area contributed by atoms with Crippen LogP contribution < -0.4 is 5.32 Å². The average Bonchev–Trinajstić information content (AvgIpc) is 2.42. The predicted octanol–water partition coefficient (Wildman–Crippen LogP) is 2.39. The Hall–Kier alpha value is -1.27. The number of rotatable bonds is 3. The Kier molecular flexibility index (Phi) is 4.55. The lowest BCUT2D eigenvalue weighted by Gasteiger charge is -2.30. The minimum atomic E-state index is -0.453. The van der Waals surface area contributed by atoms with Gasteiger partial charge in [-0.3, -0.25) is 19.8 Å². The lowest BCUT2D eigenvalue weighted by atomic mass is 10.0. The maximum Gasteiger partial charge on any atom is 0.246 e. The van der Waals surface area contributed by atoms with Gasteiger partial charge in [0.15, 0.2) is 0 Å². The summed E-state index contributed by atoms with van der Waals surface area (Å²) in [6, 6.07) is 3.93. The van der Waals surface area contributed by atoms with Crippen molar-refractivity contribution in [3.63, 3.8) is 0 Å². The normalized spacial score (nSPS) is 21.2. The van der Waals surface area contributed by atoms with Crippen LogP contribution in [0.1, 0.15) is 31.4 Å². The monoisotopic (exact) mass is 342 g/mol. The molecule has 20 heavy (non-hydrogen) atoms. The summed E-state index contributed by atoms with van der Waals surface area (Å²) in [6.45, 7) is 1.80. The summed E-state index contributed by atoms with van der Waals surface area (Å²) >= 11 is 3.30. The second-order valence-electron chi connectivity index (χ2n) is 4.94. The van der Waals surface area contributed by atoms with Crippen LogP contribution in [-0.2, 0) is 9.59 Å². The maximum atomic E-state index is 13.8. The zero-order valence-corrected chi connectivity index (χ0v) is 12.9. The number of carbonyl (C=O) groups is 2. The van der Waals surface area contributed by atoms with E-state index in [4.69, 9.17) is 0 Å². The van der Waals surface area contributed by atoms with E-state index >= 15 is 0 Å². The first-order valence-electron chi connectivity index (χ1n) is 6.41. The summed E-state index contributed by atoms with van der Waals surface area (Å²) in [5, 5.41) is 3.10. The van der Waals surface area contributed by atoms with Crippen LogP contribution in [0.5, 0.6) is 0 Å². The fourth-order valence-electron chi connectivity index (χ4n) is 2.31. The summed E-state index contributed by atoms with van der Waals surface area (Å²) in [6.07, 6.45) is 0.773. The smallest absolute Gasteiger partial charge is 0.246 e. The topological polar surface area (TPSA) is 49.4 Å². The summed E-state index contributed by atoms with van der Waals surface area (Å²) in [5.74, 6) is -0.751. The molecule has 1 N–H and O–H groups in total. The molecule has 0 radical (unpaired) electrons. The number of amides is 2. The van der Waals surface area contributed by atoms with E-state index in [0.717, 1.165) is 9.37 Å². The van der Waals surface area contributed by atoms with Crippen molar-refractivity contribution in [3.05, 3.63) is 34.1 Å². The van der Waals surface area contributed by atoms with Crippen LogP contribution in [0, 0.1) is 5.82 Å². The summed E-state index contributed by atoms with van der Waals surface area (Å²) in [4.78, 5) is 24.5. The van der Waals surface area contributed by atoms with Gasteiger partial charge in [0, 0.05) is 29.5 Å². The van der Waals surface area contributed by atoms with Crippen LogP contribution in [0.4, 0.5) is 4.39 Å². The number of likely N-dealkylation sites (tertiary alicyclic amines) is 1. The molecule has 1 aromatic rings. The molecular formula is C14H16BrFN2O2. The highest BCUT2D eigenvalue weighted by atomic mass is 79.9. The van der Waals surface area contributed by atoms with Gasteiger partial charge >= 0.3 is 0 Å². The van der Waals surface area contributed by atoms with Gasteiger partial charge < -0.3 is 0 Å². The molecule has 1 aliphatic rings. The van der Waals surface area contributed by atoms with Crippen molar-refractivity contribution in [3.8, 4) is 0 Å². The van der Waals surface area contributed by atoms with Crippen molar-refractivity contribution in [1.82, 2.24) is 10.2 Å². The van der Waals surface area contributed by atoms with E-state index < -0.39 is 6.04 Å². The molecule has 1 aromatic carbocycles. The highest BCUT2D eigenvalue weighted by Gasteiger charge is 2.32. The Labute approximate surface area is 125 Å². The Morgan fingerprint density at radius 2 is 2.15 bits per heavy atom. The highest BCUT2D eigenvalue weighted by Crippen LogP contribution is 2.23. The molecule has 6 heteroatoms. The van der Waals surface area contributed by atoms with Crippen molar-refractivity contribution in [2.75, 3.05) is 7.05 Å². The van der Waals surface area contributed by atoms with Gasteiger partial charge in [-0.25, -0.2) is 4.39 Å². The van der Waals surface area contributed by atoms with Crippen LogP contribution in [0.2, 0.25) is 0 Å². The molecule has 0 aromatic heterocycles.